The van der Waals surface area contributed by atoms with Gasteiger partial charge in [0.15, 0.2) is 0 Å². The van der Waals surface area contributed by atoms with E-state index in [0.29, 0.717) is 25.5 Å². The Morgan fingerprint density at radius 1 is 1.50 bits per heavy atom. The van der Waals surface area contributed by atoms with Gasteiger partial charge in [-0.15, -0.1) is 0 Å². The van der Waals surface area contributed by atoms with E-state index in [4.69, 9.17) is 9.84 Å². The van der Waals surface area contributed by atoms with E-state index in [1.54, 1.807) is 0 Å². The highest BCUT2D eigenvalue weighted by atomic mass is 16.6. The van der Waals surface area contributed by atoms with Crippen LogP contribution in [0.5, 0.6) is 0 Å². The molecule has 0 aromatic heterocycles. The summed E-state index contributed by atoms with van der Waals surface area (Å²) in [7, 11) is 0. The molecule has 1 fully saturated rings. The van der Waals surface area contributed by atoms with Crippen molar-refractivity contribution in [1.82, 2.24) is 4.90 Å². The monoisotopic (exact) mass is 229 g/mol. The summed E-state index contributed by atoms with van der Waals surface area (Å²) >= 11 is 0. The Morgan fingerprint density at radius 3 is 2.75 bits per heavy atom. The number of hydrogen-bond acceptors (Lipinski definition) is 3. The average molecular weight is 229 g/mol. The predicted molar refractivity (Wildman–Crippen MR) is 58.1 cm³/mol. The molecule has 0 aromatic rings. The normalized spacial score (nSPS) is 20.9. The number of carbonyl (C=O) groups is 2. The highest BCUT2D eigenvalue weighted by Crippen LogP contribution is 2.17. The molecule has 1 N–H and O–H groups in total. The molecule has 0 radical (unpaired) electrons. The van der Waals surface area contributed by atoms with Crippen LogP contribution in [0.2, 0.25) is 0 Å². The zero-order chi connectivity index (χ0) is 12.1. The first-order valence-electron chi connectivity index (χ1n) is 5.65. The van der Waals surface area contributed by atoms with E-state index in [1.807, 2.05) is 13.8 Å². The van der Waals surface area contributed by atoms with Crippen LogP contribution in [0.1, 0.15) is 26.7 Å². The van der Waals surface area contributed by atoms with E-state index in [0.717, 1.165) is 6.42 Å². The third kappa shape index (κ3) is 3.72. The van der Waals surface area contributed by atoms with Crippen LogP contribution >= 0.6 is 0 Å². The van der Waals surface area contributed by atoms with Crippen molar-refractivity contribution < 1.29 is 19.4 Å². The number of rotatable bonds is 3. The van der Waals surface area contributed by atoms with Gasteiger partial charge >= 0.3 is 12.1 Å². The Bertz CT molecular complexity index is 265. The molecule has 1 heterocycles. The van der Waals surface area contributed by atoms with E-state index in [2.05, 4.69) is 0 Å². The Kier molecular flexibility index (Phi) is 4.58. The molecule has 0 bridgehead atoms. The Morgan fingerprint density at radius 2 is 2.19 bits per heavy atom. The van der Waals surface area contributed by atoms with Crippen molar-refractivity contribution in [2.45, 2.75) is 26.7 Å². The molecule has 1 amide bonds. The third-order valence-corrected chi connectivity index (χ3v) is 2.57. The molecule has 92 valence electrons. The molecule has 0 saturated carbocycles. The molecule has 1 aliphatic rings. The quantitative estimate of drug-likeness (QED) is 0.797. The Hall–Kier alpha value is -1.26. The molecular formula is C11H19NO4. The van der Waals surface area contributed by atoms with Crippen molar-refractivity contribution in [1.29, 1.82) is 0 Å². The zero-order valence-corrected chi connectivity index (χ0v) is 9.81. The van der Waals surface area contributed by atoms with Crippen LogP contribution in [0, 0.1) is 11.8 Å². The third-order valence-electron chi connectivity index (χ3n) is 2.57. The molecule has 1 atom stereocenters. The predicted octanol–water partition coefficient (Wildman–Crippen LogP) is 1.58. The van der Waals surface area contributed by atoms with Gasteiger partial charge in [-0.1, -0.05) is 13.8 Å². The van der Waals surface area contributed by atoms with Gasteiger partial charge in [-0.05, 0) is 18.8 Å². The molecule has 5 nitrogen and oxygen atoms in total. The summed E-state index contributed by atoms with van der Waals surface area (Å²) in [5.41, 5.74) is 0. The second kappa shape index (κ2) is 5.72. The van der Waals surface area contributed by atoms with Crippen molar-refractivity contribution in [3.05, 3.63) is 0 Å². The van der Waals surface area contributed by atoms with Gasteiger partial charge in [-0.25, -0.2) is 4.79 Å². The fraction of sp³-hybridized carbons (Fsp3) is 0.818. The van der Waals surface area contributed by atoms with Crippen LogP contribution in [0.25, 0.3) is 0 Å². The molecular weight excluding hydrogens is 210 g/mol. The average Bonchev–Trinajstić information content (AvgIpc) is 2.26. The lowest BCUT2D eigenvalue weighted by atomic mass is 9.99. The minimum Gasteiger partial charge on any atom is -0.481 e. The smallest absolute Gasteiger partial charge is 0.409 e. The summed E-state index contributed by atoms with van der Waals surface area (Å²) in [6.45, 7) is 5.17. The SMILES string of the molecule is CC(C)COC(=O)N1CCCC(C(=O)O)C1. The van der Waals surface area contributed by atoms with Gasteiger partial charge in [0, 0.05) is 13.1 Å². The molecule has 1 aliphatic heterocycles. The number of carboxylic acid groups (broad SMARTS) is 1. The number of amides is 1. The molecule has 1 rings (SSSR count). The van der Waals surface area contributed by atoms with E-state index >= 15 is 0 Å². The lowest BCUT2D eigenvalue weighted by Gasteiger charge is -2.30. The largest absolute Gasteiger partial charge is 0.481 e. The van der Waals surface area contributed by atoms with E-state index in [-0.39, 0.29) is 12.6 Å². The van der Waals surface area contributed by atoms with Crippen LogP contribution in [0.4, 0.5) is 4.79 Å². The van der Waals surface area contributed by atoms with E-state index in [1.165, 1.54) is 4.90 Å². The van der Waals surface area contributed by atoms with Crippen molar-refractivity contribution in [3.63, 3.8) is 0 Å². The maximum absolute atomic E-state index is 11.6. The second-order valence-electron chi connectivity index (χ2n) is 4.59. The fourth-order valence-electron chi connectivity index (χ4n) is 1.67. The summed E-state index contributed by atoms with van der Waals surface area (Å²) in [5.74, 6) is -0.981. The number of carbonyl (C=O) groups excluding carboxylic acids is 1. The van der Waals surface area contributed by atoms with Crippen LogP contribution in [0.15, 0.2) is 0 Å². The zero-order valence-electron chi connectivity index (χ0n) is 9.81. The van der Waals surface area contributed by atoms with Crippen LogP contribution < -0.4 is 0 Å². The Balaban J connectivity index is 2.41. The molecule has 1 saturated heterocycles. The lowest BCUT2D eigenvalue weighted by Crippen LogP contribution is -2.42. The van der Waals surface area contributed by atoms with Gasteiger partial charge in [0.2, 0.25) is 0 Å². The van der Waals surface area contributed by atoms with Crippen molar-refractivity contribution in [3.8, 4) is 0 Å². The topological polar surface area (TPSA) is 66.8 Å². The minimum absolute atomic E-state index is 0.270. The summed E-state index contributed by atoms with van der Waals surface area (Å²) < 4.78 is 5.07. The number of aliphatic carboxylic acids is 1. The standard InChI is InChI=1S/C11H19NO4/c1-8(2)7-16-11(15)12-5-3-4-9(6-12)10(13)14/h8-9H,3-7H2,1-2H3,(H,13,14). The van der Waals surface area contributed by atoms with Crippen molar-refractivity contribution >= 4 is 12.1 Å². The number of likely N-dealkylation sites (tertiary alicyclic amines) is 1. The van der Waals surface area contributed by atoms with Gasteiger partial charge < -0.3 is 14.7 Å². The molecule has 0 aliphatic carbocycles. The second-order valence-corrected chi connectivity index (χ2v) is 4.59. The number of carboxylic acids is 1. The van der Waals surface area contributed by atoms with Crippen molar-refractivity contribution in [2.75, 3.05) is 19.7 Å². The summed E-state index contributed by atoms with van der Waals surface area (Å²) in [4.78, 5) is 23.9. The number of ether oxygens (including phenoxy) is 1. The highest BCUT2D eigenvalue weighted by Gasteiger charge is 2.28. The first-order valence-corrected chi connectivity index (χ1v) is 5.65. The van der Waals surface area contributed by atoms with Crippen LogP contribution in [-0.2, 0) is 9.53 Å². The number of piperidine rings is 1. The minimum atomic E-state index is -0.832. The summed E-state index contributed by atoms with van der Waals surface area (Å²) in [5, 5.41) is 8.88. The van der Waals surface area contributed by atoms with Crippen molar-refractivity contribution in [2.24, 2.45) is 11.8 Å². The van der Waals surface area contributed by atoms with E-state index in [9.17, 15) is 9.59 Å². The Labute approximate surface area is 95.4 Å². The number of nitrogens with zero attached hydrogens (tertiary/aromatic N) is 1. The molecule has 5 heteroatoms. The molecule has 0 aromatic carbocycles. The first-order chi connectivity index (χ1) is 7.50. The van der Waals surface area contributed by atoms with Gasteiger partial charge in [0.05, 0.1) is 12.5 Å². The highest BCUT2D eigenvalue weighted by molar-refractivity contribution is 5.73. The van der Waals surface area contributed by atoms with Gasteiger partial charge in [-0.2, -0.15) is 0 Å². The molecule has 16 heavy (non-hydrogen) atoms. The molecule has 1 unspecified atom stereocenters. The number of hydrogen-bond donors (Lipinski definition) is 1. The fourth-order valence-corrected chi connectivity index (χ4v) is 1.67. The maximum atomic E-state index is 11.6. The van der Waals surface area contributed by atoms with Gasteiger partial charge in [-0.3, -0.25) is 4.79 Å². The maximum Gasteiger partial charge on any atom is 0.409 e. The van der Waals surface area contributed by atoms with Crippen LogP contribution in [-0.4, -0.2) is 41.8 Å². The van der Waals surface area contributed by atoms with E-state index < -0.39 is 11.9 Å². The van der Waals surface area contributed by atoms with Gasteiger partial charge in [0.25, 0.3) is 0 Å². The van der Waals surface area contributed by atoms with Gasteiger partial charge in [0.1, 0.15) is 0 Å². The summed E-state index contributed by atoms with van der Waals surface area (Å²) in [6, 6.07) is 0. The first kappa shape index (κ1) is 12.8. The molecule has 0 spiro atoms. The lowest BCUT2D eigenvalue weighted by molar-refractivity contribution is -0.143. The van der Waals surface area contributed by atoms with Crippen LogP contribution in [0.3, 0.4) is 0 Å². The summed E-state index contributed by atoms with van der Waals surface area (Å²) in [6.07, 6.45) is 0.983.